The van der Waals surface area contributed by atoms with Crippen LogP contribution in [0, 0.1) is 23.7 Å². The minimum absolute atomic E-state index is 0.226. The summed E-state index contributed by atoms with van der Waals surface area (Å²) in [5, 5.41) is 0. The molecule has 0 rings (SSSR count). The first-order valence-electron chi connectivity index (χ1n) is 9.32. The lowest BCUT2D eigenvalue weighted by atomic mass is 10.1. The fourth-order valence-electron chi connectivity index (χ4n) is 2.28. The highest BCUT2D eigenvalue weighted by Gasteiger charge is 2.09. The van der Waals surface area contributed by atoms with Gasteiger partial charge in [0.2, 0.25) is 0 Å². The summed E-state index contributed by atoms with van der Waals surface area (Å²) >= 11 is 0. The third-order valence-electron chi connectivity index (χ3n) is 3.67. The molecule has 0 fully saturated rings. The third-order valence-corrected chi connectivity index (χ3v) is 3.67. The zero-order valence-electron chi connectivity index (χ0n) is 16.0. The molecule has 0 bridgehead atoms. The van der Waals surface area contributed by atoms with Crippen molar-refractivity contribution in [2.24, 2.45) is 0 Å². The summed E-state index contributed by atoms with van der Waals surface area (Å²) in [6.07, 6.45) is 10.3. The van der Waals surface area contributed by atoms with E-state index in [1.807, 2.05) is 0 Å². The highest BCUT2D eigenvalue weighted by atomic mass is 16.5. The van der Waals surface area contributed by atoms with E-state index in [-0.39, 0.29) is 11.9 Å². The average Bonchev–Trinajstić information content (AvgIpc) is 2.59. The zero-order valence-corrected chi connectivity index (χ0v) is 16.0. The van der Waals surface area contributed by atoms with E-state index >= 15 is 0 Å². The van der Waals surface area contributed by atoms with E-state index in [1.54, 1.807) is 0 Å². The molecule has 0 aromatic heterocycles. The Bertz CT molecular complexity index is 487. The maximum Gasteiger partial charge on any atom is 0.305 e. The van der Waals surface area contributed by atoms with Gasteiger partial charge < -0.3 is 9.47 Å². The topological polar surface area (TPSA) is 52.6 Å². The second kappa shape index (κ2) is 16.9. The number of carbonyl (C=O) groups is 2. The van der Waals surface area contributed by atoms with Crippen molar-refractivity contribution in [2.45, 2.75) is 90.6 Å². The van der Waals surface area contributed by atoms with Crippen LogP contribution in [-0.4, -0.2) is 25.2 Å². The predicted octanol–water partition coefficient (Wildman–Crippen LogP) is 4.41. The number of carbonyl (C=O) groups excluding carboxylic acids is 2. The lowest BCUT2D eigenvalue weighted by molar-refractivity contribution is -0.144. The molecule has 0 spiro atoms. The average molecular weight is 348 g/mol. The van der Waals surface area contributed by atoms with Crippen LogP contribution < -0.4 is 0 Å². The van der Waals surface area contributed by atoms with Crippen molar-refractivity contribution in [2.75, 3.05) is 7.11 Å². The summed E-state index contributed by atoms with van der Waals surface area (Å²) in [4.78, 5) is 22.2. The molecule has 0 aliphatic heterocycles. The standard InChI is InChI=1S/C21H32O4/c1-4-5-6-7-8-9-10-11-12-13-16-20(25-19(2)22)17-14-15-18-21(23)24-3/h20H,4-10,14-15,17-18H2,1-3H3/t20-/m0/s1. The second-order valence-electron chi connectivity index (χ2n) is 6.01. The molecule has 0 aromatic rings. The van der Waals surface area contributed by atoms with Crippen molar-refractivity contribution in [3.05, 3.63) is 0 Å². The molecule has 0 heterocycles. The van der Waals surface area contributed by atoms with E-state index in [0.717, 1.165) is 19.3 Å². The lowest BCUT2D eigenvalue weighted by Crippen LogP contribution is -2.14. The van der Waals surface area contributed by atoms with Crippen molar-refractivity contribution < 1.29 is 19.1 Å². The van der Waals surface area contributed by atoms with Gasteiger partial charge >= 0.3 is 11.9 Å². The van der Waals surface area contributed by atoms with Gasteiger partial charge in [0.05, 0.1) is 7.11 Å². The summed E-state index contributed by atoms with van der Waals surface area (Å²) < 4.78 is 9.76. The first-order chi connectivity index (χ1) is 12.1. The first kappa shape index (κ1) is 23.1. The number of rotatable bonds is 12. The Morgan fingerprint density at radius 3 is 2.36 bits per heavy atom. The molecule has 0 amide bonds. The molecule has 0 saturated heterocycles. The minimum atomic E-state index is -0.460. The number of hydrogen-bond acceptors (Lipinski definition) is 4. The Hall–Kier alpha value is -1.94. The van der Waals surface area contributed by atoms with E-state index in [2.05, 4.69) is 35.3 Å². The van der Waals surface area contributed by atoms with E-state index in [0.29, 0.717) is 19.3 Å². The van der Waals surface area contributed by atoms with Crippen molar-refractivity contribution in [1.82, 2.24) is 0 Å². The summed E-state index contributed by atoms with van der Waals surface area (Å²) in [5.41, 5.74) is 0. The first-order valence-corrected chi connectivity index (χ1v) is 9.32. The van der Waals surface area contributed by atoms with Gasteiger partial charge in [-0.2, -0.15) is 0 Å². The quantitative estimate of drug-likeness (QED) is 0.298. The molecule has 0 N–H and O–H groups in total. The lowest BCUT2D eigenvalue weighted by Gasteiger charge is -2.10. The summed E-state index contributed by atoms with van der Waals surface area (Å²) in [6, 6.07) is 0. The molecule has 0 aromatic carbocycles. The van der Waals surface area contributed by atoms with Crippen LogP contribution in [0.5, 0.6) is 0 Å². The van der Waals surface area contributed by atoms with E-state index in [9.17, 15) is 9.59 Å². The van der Waals surface area contributed by atoms with Gasteiger partial charge in [-0.15, -0.1) is 0 Å². The number of methoxy groups -OCH3 is 1. The van der Waals surface area contributed by atoms with Crippen molar-refractivity contribution in [3.8, 4) is 23.7 Å². The van der Waals surface area contributed by atoms with Gasteiger partial charge in [-0.25, -0.2) is 0 Å². The maximum absolute atomic E-state index is 11.1. The van der Waals surface area contributed by atoms with Crippen molar-refractivity contribution >= 4 is 11.9 Å². The SMILES string of the molecule is CCCCCCCCC#CC#C[C@@H](CCCCC(=O)OC)OC(C)=O. The number of hydrogen-bond donors (Lipinski definition) is 0. The predicted molar refractivity (Wildman–Crippen MR) is 99.6 cm³/mol. The van der Waals surface area contributed by atoms with Gasteiger partial charge in [0, 0.05) is 19.8 Å². The number of esters is 2. The summed E-state index contributed by atoms with van der Waals surface area (Å²) in [7, 11) is 1.37. The third kappa shape index (κ3) is 16.7. The van der Waals surface area contributed by atoms with Gasteiger partial charge in [-0.05, 0) is 43.4 Å². The van der Waals surface area contributed by atoms with Crippen LogP contribution in [0.2, 0.25) is 0 Å². The zero-order chi connectivity index (χ0) is 18.8. The van der Waals surface area contributed by atoms with Crippen LogP contribution in [-0.2, 0) is 19.1 Å². The Morgan fingerprint density at radius 1 is 0.960 bits per heavy atom. The Kier molecular flexibility index (Phi) is 15.6. The highest BCUT2D eigenvalue weighted by Crippen LogP contribution is 2.08. The fraction of sp³-hybridized carbons (Fsp3) is 0.714. The molecule has 4 nitrogen and oxygen atoms in total. The van der Waals surface area contributed by atoms with Crippen LogP contribution in [0.15, 0.2) is 0 Å². The van der Waals surface area contributed by atoms with Crippen LogP contribution in [0.4, 0.5) is 0 Å². The van der Waals surface area contributed by atoms with Gasteiger partial charge in [0.25, 0.3) is 0 Å². The smallest absolute Gasteiger partial charge is 0.305 e. The Balaban J connectivity index is 4.06. The van der Waals surface area contributed by atoms with Gasteiger partial charge in [0.15, 0.2) is 6.10 Å². The van der Waals surface area contributed by atoms with Crippen LogP contribution in [0.1, 0.15) is 84.5 Å². The molecule has 25 heavy (non-hydrogen) atoms. The van der Waals surface area contributed by atoms with E-state index in [4.69, 9.17) is 4.74 Å². The van der Waals surface area contributed by atoms with Crippen molar-refractivity contribution in [1.29, 1.82) is 0 Å². The summed E-state index contributed by atoms with van der Waals surface area (Å²) in [6.45, 7) is 3.58. The molecule has 4 heteroatoms. The van der Waals surface area contributed by atoms with Gasteiger partial charge in [-0.3, -0.25) is 9.59 Å². The van der Waals surface area contributed by atoms with Crippen molar-refractivity contribution in [3.63, 3.8) is 0 Å². The Labute approximate surface area is 153 Å². The van der Waals surface area contributed by atoms with E-state index in [1.165, 1.54) is 46.1 Å². The Morgan fingerprint density at radius 2 is 1.68 bits per heavy atom. The molecule has 0 saturated carbocycles. The molecular weight excluding hydrogens is 316 g/mol. The number of ether oxygens (including phenoxy) is 2. The molecule has 1 atom stereocenters. The van der Waals surface area contributed by atoms with Gasteiger partial charge in [0.1, 0.15) is 0 Å². The largest absolute Gasteiger partial charge is 0.469 e. The van der Waals surface area contributed by atoms with Crippen LogP contribution in [0.3, 0.4) is 0 Å². The minimum Gasteiger partial charge on any atom is -0.469 e. The van der Waals surface area contributed by atoms with Crippen LogP contribution >= 0.6 is 0 Å². The van der Waals surface area contributed by atoms with Crippen LogP contribution in [0.25, 0.3) is 0 Å². The van der Waals surface area contributed by atoms with Gasteiger partial charge in [-0.1, -0.05) is 44.9 Å². The molecule has 0 aliphatic carbocycles. The molecule has 0 radical (unpaired) electrons. The fourth-order valence-corrected chi connectivity index (χ4v) is 2.28. The highest BCUT2D eigenvalue weighted by molar-refractivity contribution is 5.69. The normalized spacial score (nSPS) is 10.7. The monoisotopic (exact) mass is 348 g/mol. The summed E-state index contributed by atoms with van der Waals surface area (Å²) in [5.74, 6) is 11.0. The number of unbranched alkanes of at least 4 members (excludes halogenated alkanes) is 7. The molecule has 0 unspecified atom stereocenters. The molecule has 140 valence electrons. The maximum atomic E-state index is 11.1. The second-order valence-corrected chi connectivity index (χ2v) is 6.01. The molecular formula is C21H32O4. The van der Waals surface area contributed by atoms with E-state index < -0.39 is 6.10 Å². The molecule has 0 aliphatic rings.